The Morgan fingerprint density at radius 1 is 0.900 bits per heavy atom. The van der Waals surface area contributed by atoms with Gasteiger partial charge in [0.25, 0.3) is 10.0 Å². The topological polar surface area (TPSA) is 76.9 Å². The molecule has 0 spiro atoms. The number of aryl methyl sites for hydroxylation is 3. The quantitative estimate of drug-likeness (QED) is 0.658. The van der Waals surface area contributed by atoms with E-state index >= 15 is 0 Å². The van der Waals surface area contributed by atoms with Crippen LogP contribution in [0, 0.1) is 27.7 Å². The smallest absolute Gasteiger partial charge is 0.262 e. The molecule has 4 rings (SSSR count). The molecule has 158 valence electrons. The summed E-state index contributed by atoms with van der Waals surface area (Å²) in [6.45, 7) is 8.53. The van der Waals surface area contributed by atoms with E-state index in [1.54, 1.807) is 12.1 Å². The van der Waals surface area contributed by atoms with Crippen LogP contribution in [0.15, 0.2) is 35.2 Å². The molecule has 0 radical (unpaired) electrons. The normalized spacial score (nSPS) is 14.3. The van der Waals surface area contributed by atoms with E-state index in [1.165, 1.54) is 6.42 Å². The van der Waals surface area contributed by atoms with Crippen molar-refractivity contribution in [2.24, 2.45) is 0 Å². The molecule has 1 aliphatic rings. The molecule has 0 atom stereocenters. The Balaban J connectivity index is 1.63. The van der Waals surface area contributed by atoms with Crippen LogP contribution in [-0.2, 0) is 23.0 Å². The van der Waals surface area contributed by atoms with Gasteiger partial charge in [-0.05, 0) is 87.1 Å². The molecule has 2 aromatic carbocycles. The summed E-state index contributed by atoms with van der Waals surface area (Å²) in [6.07, 6.45) is 4.45. The fourth-order valence-electron chi connectivity index (χ4n) is 4.18. The standard InChI is InChI=1S/C23H28N4O2S/c1-15-14-16(2)18(4)22(17(15)3)30(28,29)26-20-11-9-19(10-12-20)23-25-24-21-8-6-5-7-13-27(21)23/h9-12,14,26H,5-8,13H2,1-4H3. The summed E-state index contributed by atoms with van der Waals surface area (Å²) < 4.78 is 31.2. The number of fused-ring (bicyclic) bond motifs is 1. The van der Waals surface area contributed by atoms with Gasteiger partial charge in [-0.25, -0.2) is 8.42 Å². The van der Waals surface area contributed by atoms with Crippen LogP contribution in [0.25, 0.3) is 11.4 Å². The van der Waals surface area contributed by atoms with Gasteiger partial charge in [-0.2, -0.15) is 0 Å². The van der Waals surface area contributed by atoms with E-state index in [0.29, 0.717) is 10.6 Å². The van der Waals surface area contributed by atoms with Gasteiger partial charge in [0.1, 0.15) is 5.82 Å². The van der Waals surface area contributed by atoms with Gasteiger partial charge >= 0.3 is 0 Å². The Morgan fingerprint density at radius 3 is 2.23 bits per heavy atom. The first kappa shape index (κ1) is 20.6. The van der Waals surface area contributed by atoms with Gasteiger partial charge in [0, 0.05) is 24.2 Å². The molecule has 1 aromatic heterocycles. The van der Waals surface area contributed by atoms with E-state index < -0.39 is 10.0 Å². The third-order valence-corrected chi connectivity index (χ3v) is 7.73. The maximum atomic E-state index is 13.2. The van der Waals surface area contributed by atoms with E-state index in [4.69, 9.17) is 0 Å². The molecule has 7 heteroatoms. The minimum Gasteiger partial charge on any atom is -0.311 e. The Bertz CT molecular complexity index is 1170. The van der Waals surface area contributed by atoms with Crippen molar-refractivity contribution in [2.75, 3.05) is 4.72 Å². The average molecular weight is 425 g/mol. The van der Waals surface area contributed by atoms with E-state index in [-0.39, 0.29) is 0 Å². The Morgan fingerprint density at radius 2 is 1.57 bits per heavy atom. The predicted octanol–water partition coefficient (Wildman–Crippen LogP) is 4.71. The number of nitrogens with one attached hydrogen (secondary N) is 1. The number of rotatable bonds is 4. The molecule has 0 saturated heterocycles. The SMILES string of the molecule is Cc1cc(C)c(C)c(S(=O)(=O)Nc2ccc(-c3nnc4n3CCCCC4)cc2)c1C. The number of hydrogen-bond donors (Lipinski definition) is 1. The van der Waals surface area contributed by atoms with E-state index in [0.717, 1.165) is 65.3 Å². The first-order valence-corrected chi connectivity index (χ1v) is 11.9. The summed E-state index contributed by atoms with van der Waals surface area (Å²) in [5.41, 5.74) is 4.99. The average Bonchev–Trinajstić information content (AvgIpc) is 2.95. The van der Waals surface area contributed by atoms with Gasteiger partial charge in [-0.15, -0.1) is 10.2 Å². The number of aromatic nitrogens is 3. The number of anilines is 1. The van der Waals surface area contributed by atoms with Gasteiger partial charge in [-0.1, -0.05) is 12.5 Å². The molecule has 0 bridgehead atoms. The molecule has 0 fully saturated rings. The number of nitrogens with zero attached hydrogens (tertiary/aromatic N) is 3. The molecule has 3 aromatic rings. The summed E-state index contributed by atoms with van der Waals surface area (Å²) >= 11 is 0. The summed E-state index contributed by atoms with van der Waals surface area (Å²) in [5.74, 6) is 1.88. The number of benzene rings is 2. The molecular weight excluding hydrogens is 396 g/mol. The molecule has 0 aliphatic carbocycles. The van der Waals surface area contributed by atoms with Crippen molar-refractivity contribution in [3.8, 4) is 11.4 Å². The van der Waals surface area contributed by atoms with Crippen molar-refractivity contribution < 1.29 is 8.42 Å². The Labute approximate surface area is 178 Å². The second kappa shape index (κ2) is 7.87. The number of hydrogen-bond acceptors (Lipinski definition) is 4. The van der Waals surface area contributed by atoms with E-state index in [1.807, 2.05) is 45.9 Å². The first-order chi connectivity index (χ1) is 14.3. The van der Waals surface area contributed by atoms with Crippen molar-refractivity contribution in [1.82, 2.24) is 14.8 Å². The molecule has 2 heterocycles. The molecule has 0 unspecified atom stereocenters. The zero-order valence-corrected chi connectivity index (χ0v) is 18.8. The van der Waals surface area contributed by atoms with Crippen molar-refractivity contribution in [1.29, 1.82) is 0 Å². The minimum absolute atomic E-state index is 0.367. The van der Waals surface area contributed by atoms with Crippen molar-refractivity contribution in [2.45, 2.75) is 64.8 Å². The van der Waals surface area contributed by atoms with Crippen LogP contribution < -0.4 is 4.72 Å². The zero-order chi connectivity index (χ0) is 21.5. The molecular formula is C23H28N4O2S. The maximum Gasteiger partial charge on any atom is 0.262 e. The monoisotopic (exact) mass is 424 g/mol. The van der Waals surface area contributed by atoms with Crippen LogP contribution in [0.2, 0.25) is 0 Å². The van der Waals surface area contributed by atoms with Crippen LogP contribution in [0.4, 0.5) is 5.69 Å². The van der Waals surface area contributed by atoms with Crippen LogP contribution in [0.3, 0.4) is 0 Å². The summed E-state index contributed by atoms with van der Waals surface area (Å²) in [6, 6.07) is 9.42. The van der Waals surface area contributed by atoms with Crippen LogP contribution >= 0.6 is 0 Å². The summed E-state index contributed by atoms with van der Waals surface area (Å²) in [7, 11) is -3.69. The lowest BCUT2D eigenvalue weighted by Crippen LogP contribution is -2.17. The van der Waals surface area contributed by atoms with Crippen LogP contribution in [0.1, 0.15) is 47.3 Å². The van der Waals surface area contributed by atoms with E-state index in [2.05, 4.69) is 19.5 Å². The molecule has 1 N–H and O–H groups in total. The fraction of sp³-hybridized carbons (Fsp3) is 0.391. The fourth-order valence-corrected chi connectivity index (χ4v) is 5.85. The highest BCUT2D eigenvalue weighted by Crippen LogP contribution is 2.29. The van der Waals surface area contributed by atoms with Gasteiger partial charge in [0.05, 0.1) is 4.90 Å². The Hall–Kier alpha value is -2.67. The predicted molar refractivity (Wildman–Crippen MR) is 119 cm³/mol. The van der Waals surface area contributed by atoms with Crippen LogP contribution in [0.5, 0.6) is 0 Å². The highest BCUT2D eigenvalue weighted by atomic mass is 32.2. The lowest BCUT2D eigenvalue weighted by Gasteiger charge is -2.17. The molecule has 0 amide bonds. The van der Waals surface area contributed by atoms with Gasteiger partial charge in [-0.3, -0.25) is 4.72 Å². The lowest BCUT2D eigenvalue weighted by molar-refractivity contribution is 0.599. The van der Waals surface area contributed by atoms with Gasteiger partial charge < -0.3 is 4.57 Å². The second-order valence-corrected chi connectivity index (χ2v) is 9.79. The lowest BCUT2D eigenvalue weighted by atomic mass is 10.0. The Kier molecular flexibility index (Phi) is 5.40. The largest absolute Gasteiger partial charge is 0.311 e. The zero-order valence-electron chi connectivity index (χ0n) is 18.0. The van der Waals surface area contributed by atoms with Crippen molar-refractivity contribution in [3.05, 3.63) is 58.4 Å². The third-order valence-electron chi connectivity index (χ3n) is 6.07. The second-order valence-electron chi connectivity index (χ2n) is 8.17. The highest BCUT2D eigenvalue weighted by molar-refractivity contribution is 7.92. The maximum absolute atomic E-state index is 13.2. The summed E-state index contributed by atoms with van der Waals surface area (Å²) in [5, 5.41) is 8.73. The molecule has 30 heavy (non-hydrogen) atoms. The third kappa shape index (κ3) is 3.74. The van der Waals surface area contributed by atoms with Crippen molar-refractivity contribution >= 4 is 15.7 Å². The summed E-state index contributed by atoms with van der Waals surface area (Å²) in [4.78, 5) is 0.367. The highest BCUT2D eigenvalue weighted by Gasteiger charge is 2.22. The molecule has 1 aliphatic heterocycles. The van der Waals surface area contributed by atoms with Crippen LogP contribution in [-0.4, -0.2) is 23.2 Å². The van der Waals surface area contributed by atoms with Gasteiger partial charge in [0.15, 0.2) is 5.82 Å². The van der Waals surface area contributed by atoms with Crippen molar-refractivity contribution in [3.63, 3.8) is 0 Å². The van der Waals surface area contributed by atoms with Gasteiger partial charge in [0.2, 0.25) is 0 Å². The van der Waals surface area contributed by atoms with E-state index in [9.17, 15) is 8.42 Å². The molecule has 0 saturated carbocycles. The molecule has 6 nitrogen and oxygen atoms in total. The number of sulfonamides is 1. The minimum atomic E-state index is -3.69. The first-order valence-electron chi connectivity index (χ1n) is 10.4.